The number of thioether (sulfide) groups is 1. The van der Waals surface area contributed by atoms with Gasteiger partial charge in [-0.05, 0) is 43.4 Å². The number of nitrogens with zero attached hydrogens (tertiary/aromatic N) is 1. The molecule has 0 saturated heterocycles. The van der Waals surface area contributed by atoms with Crippen LogP contribution in [0.3, 0.4) is 0 Å². The lowest BCUT2D eigenvalue weighted by Gasteiger charge is -2.08. The Morgan fingerprint density at radius 1 is 1.41 bits per heavy atom. The molecule has 0 spiro atoms. The Hall–Kier alpha value is -1.03. The van der Waals surface area contributed by atoms with Gasteiger partial charge in [0.05, 0.1) is 6.54 Å². The highest BCUT2D eigenvalue weighted by atomic mass is 32.2. The molecule has 0 aromatic heterocycles. The van der Waals surface area contributed by atoms with Gasteiger partial charge >= 0.3 is 0 Å². The van der Waals surface area contributed by atoms with Gasteiger partial charge in [-0.25, -0.2) is 4.39 Å². The molecule has 1 heterocycles. The summed E-state index contributed by atoms with van der Waals surface area (Å²) < 4.78 is 13.4. The fraction of sp³-hybridized carbons (Fsp3) is 0.462. The molecule has 1 fully saturated rings. The molecule has 0 radical (unpaired) electrons. The van der Waals surface area contributed by atoms with Crippen LogP contribution in [0.1, 0.15) is 18.4 Å². The summed E-state index contributed by atoms with van der Waals surface area (Å²) in [6, 6.07) is 5.21. The van der Waals surface area contributed by atoms with Gasteiger partial charge in [-0.2, -0.15) is 0 Å². The summed E-state index contributed by atoms with van der Waals surface area (Å²) in [4.78, 5) is 4.47. The van der Waals surface area contributed by atoms with E-state index in [1.807, 2.05) is 6.07 Å². The van der Waals surface area contributed by atoms with Crippen LogP contribution in [-0.4, -0.2) is 17.0 Å². The van der Waals surface area contributed by atoms with Gasteiger partial charge in [0, 0.05) is 10.9 Å². The fourth-order valence-corrected chi connectivity index (χ4v) is 3.19. The van der Waals surface area contributed by atoms with Crippen LogP contribution in [0.5, 0.6) is 0 Å². The molecule has 4 heteroatoms. The number of nitrogens with one attached hydrogen (secondary N) is 1. The third-order valence-corrected chi connectivity index (χ3v) is 4.54. The van der Waals surface area contributed by atoms with E-state index >= 15 is 0 Å². The van der Waals surface area contributed by atoms with E-state index in [2.05, 4.69) is 10.3 Å². The SMILES string of the molecule is Cc1ccc(NC2=NCC(C3CC3)S2)cc1F. The first kappa shape index (κ1) is 11.1. The molecule has 0 bridgehead atoms. The van der Waals surface area contributed by atoms with Crippen LogP contribution in [0.4, 0.5) is 10.1 Å². The minimum Gasteiger partial charge on any atom is -0.335 e. The van der Waals surface area contributed by atoms with Crippen molar-refractivity contribution in [2.24, 2.45) is 10.9 Å². The highest BCUT2D eigenvalue weighted by Crippen LogP contribution is 2.41. The van der Waals surface area contributed by atoms with Crippen LogP contribution in [0, 0.1) is 18.7 Å². The maximum Gasteiger partial charge on any atom is 0.161 e. The van der Waals surface area contributed by atoms with E-state index in [0.717, 1.165) is 23.3 Å². The number of benzene rings is 1. The maximum atomic E-state index is 13.4. The van der Waals surface area contributed by atoms with Crippen LogP contribution < -0.4 is 5.32 Å². The van der Waals surface area contributed by atoms with E-state index in [9.17, 15) is 4.39 Å². The largest absolute Gasteiger partial charge is 0.335 e. The van der Waals surface area contributed by atoms with E-state index in [4.69, 9.17) is 0 Å². The van der Waals surface area contributed by atoms with Gasteiger partial charge in [0.15, 0.2) is 5.17 Å². The van der Waals surface area contributed by atoms with Crippen molar-refractivity contribution in [1.29, 1.82) is 0 Å². The minimum absolute atomic E-state index is 0.169. The quantitative estimate of drug-likeness (QED) is 0.869. The second-order valence-electron chi connectivity index (χ2n) is 4.73. The number of amidine groups is 1. The number of aryl methyl sites for hydroxylation is 1. The first-order valence-corrected chi connectivity index (χ1v) is 6.84. The molecule has 1 saturated carbocycles. The van der Waals surface area contributed by atoms with Gasteiger partial charge in [0.25, 0.3) is 0 Å². The standard InChI is InChI=1S/C13H15FN2S/c1-8-2-5-10(6-11(8)14)16-13-15-7-12(17-13)9-3-4-9/h2,5-6,9,12H,3-4,7H2,1H3,(H,15,16). The van der Waals surface area contributed by atoms with Crippen molar-refractivity contribution >= 4 is 22.6 Å². The Balaban J connectivity index is 1.64. The zero-order chi connectivity index (χ0) is 11.8. The Labute approximate surface area is 105 Å². The van der Waals surface area contributed by atoms with Crippen molar-refractivity contribution in [3.8, 4) is 0 Å². The summed E-state index contributed by atoms with van der Waals surface area (Å²) in [6.45, 7) is 2.68. The van der Waals surface area contributed by atoms with Gasteiger partial charge in [-0.1, -0.05) is 17.8 Å². The van der Waals surface area contributed by atoms with E-state index in [0.29, 0.717) is 10.8 Å². The molecule has 2 aliphatic rings. The molecule has 1 N–H and O–H groups in total. The van der Waals surface area contributed by atoms with Crippen LogP contribution in [0.25, 0.3) is 0 Å². The third-order valence-electron chi connectivity index (χ3n) is 3.25. The highest BCUT2D eigenvalue weighted by Gasteiger charge is 2.35. The summed E-state index contributed by atoms with van der Waals surface area (Å²) >= 11 is 1.80. The lowest BCUT2D eigenvalue weighted by molar-refractivity contribution is 0.619. The average Bonchev–Trinajstić information content (AvgIpc) is 3.06. The summed E-state index contributed by atoms with van der Waals surface area (Å²) in [5.74, 6) is 0.690. The number of anilines is 1. The van der Waals surface area contributed by atoms with Crippen molar-refractivity contribution in [3.63, 3.8) is 0 Å². The van der Waals surface area contributed by atoms with E-state index < -0.39 is 0 Å². The normalized spacial score (nSPS) is 23.6. The molecule has 1 atom stereocenters. The summed E-state index contributed by atoms with van der Waals surface area (Å²) in [5.41, 5.74) is 1.46. The number of halogens is 1. The van der Waals surface area contributed by atoms with Crippen molar-refractivity contribution in [3.05, 3.63) is 29.6 Å². The Morgan fingerprint density at radius 2 is 2.24 bits per heavy atom. The second-order valence-corrected chi connectivity index (χ2v) is 5.96. The molecule has 1 unspecified atom stereocenters. The highest BCUT2D eigenvalue weighted by molar-refractivity contribution is 8.15. The van der Waals surface area contributed by atoms with Crippen molar-refractivity contribution in [2.75, 3.05) is 11.9 Å². The first-order valence-electron chi connectivity index (χ1n) is 5.96. The van der Waals surface area contributed by atoms with Gasteiger partial charge < -0.3 is 5.32 Å². The Kier molecular flexibility index (Phi) is 2.82. The molecule has 1 aliphatic carbocycles. The number of hydrogen-bond donors (Lipinski definition) is 1. The zero-order valence-electron chi connectivity index (χ0n) is 9.74. The average molecular weight is 250 g/mol. The van der Waals surface area contributed by atoms with Gasteiger partial charge in [0.1, 0.15) is 5.82 Å². The Morgan fingerprint density at radius 3 is 2.94 bits per heavy atom. The molecule has 3 rings (SSSR count). The van der Waals surface area contributed by atoms with Crippen LogP contribution in [-0.2, 0) is 0 Å². The second kappa shape index (κ2) is 4.33. The summed E-state index contributed by atoms with van der Waals surface area (Å²) in [5, 5.41) is 4.78. The third kappa shape index (κ3) is 2.46. The molecule has 1 aliphatic heterocycles. The molecule has 90 valence electrons. The predicted molar refractivity (Wildman–Crippen MR) is 71.2 cm³/mol. The van der Waals surface area contributed by atoms with Crippen molar-refractivity contribution < 1.29 is 4.39 Å². The Bertz CT molecular complexity index is 468. The lowest BCUT2D eigenvalue weighted by atomic mass is 10.2. The first-order chi connectivity index (χ1) is 8.22. The van der Waals surface area contributed by atoms with Crippen LogP contribution in [0.15, 0.2) is 23.2 Å². The molecule has 2 nitrogen and oxygen atoms in total. The molecule has 1 aromatic carbocycles. The van der Waals surface area contributed by atoms with Crippen molar-refractivity contribution in [1.82, 2.24) is 0 Å². The fourth-order valence-electron chi connectivity index (χ4n) is 1.97. The molecule has 0 amide bonds. The van der Waals surface area contributed by atoms with E-state index in [1.165, 1.54) is 18.9 Å². The molecule has 17 heavy (non-hydrogen) atoms. The molecule has 1 aromatic rings. The summed E-state index contributed by atoms with van der Waals surface area (Å²) in [6.07, 6.45) is 2.69. The smallest absolute Gasteiger partial charge is 0.161 e. The van der Waals surface area contributed by atoms with Crippen LogP contribution in [0.2, 0.25) is 0 Å². The minimum atomic E-state index is -0.169. The van der Waals surface area contributed by atoms with Gasteiger partial charge in [0.2, 0.25) is 0 Å². The maximum absolute atomic E-state index is 13.4. The topological polar surface area (TPSA) is 24.4 Å². The van der Waals surface area contributed by atoms with E-state index in [-0.39, 0.29) is 5.82 Å². The monoisotopic (exact) mass is 250 g/mol. The van der Waals surface area contributed by atoms with Gasteiger partial charge in [-0.15, -0.1) is 0 Å². The van der Waals surface area contributed by atoms with Crippen molar-refractivity contribution in [2.45, 2.75) is 25.0 Å². The number of hydrogen-bond acceptors (Lipinski definition) is 3. The number of rotatable bonds is 2. The zero-order valence-corrected chi connectivity index (χ0v) is 10.6. The summed E-state index contributed by atoms with van der Waals surface area (Å²) in [7, 11) is 0. The predicted octanol–water partition coefficient (Wildman–Crippen LogP) is 3.43. The van der Waals surface area contributed by atoms with Crippen LogP contribution >= 0.6 is 11.8 Å². The molecular formula is C13H15FN2S. The van der Waals surface area contributed by atoms with E-state index in [1.54, 1.807) is 24.8 Å². The molecular weight excluding hydrogens is 235 g/mol. The lowest BCUT2D eigenvalue weighted by Crippen LogP contribution is -2.09. The van der Waals surface area contributed by atoms with Gasteiger partial charge in [-0.3, -0.25) is 4.99 Å². The number of aliphatic imine (C=N–C) groups is 1.